The maximum absolute atomic E-state index is 12.3. The molecule has 0 aromatic heterocycles. The Labute approximate surface area is 122 Å². The summed E-state index contributed by atoms with van der Waals surface area (Å²) in [5.41, 5.74) is 2.78. The topological polar surface area (TPSA) is 43.4 Å². The van der Waals surface area contributed by atoms with Gasteiger partial charge in [-0.05, 0) is 30.2 Å². The van der Waals surface area contributed by atoms with Gasteiger partial charge in [0.15, 0.2) is 11.5 Å². The van der Waals surface area contributed by atoms with Crippen molar-refractivity contribution in [3.8, 4) is 11.1 Å². The molecule has 3 rings (SSSR count). The van der Waals surface area contributed by atoms with E-state index < -0.39 is 0 Å². The van der Waals surface area contributed by atoms with Gasteiger partial charge in [0.25, 0.3) is 0 Å². The number of fused-ring (bicyclic) bond motifs is 1. The van der Waals surface area contributed by atoms with E-state index in [0.717, 1.165) is 11.1 Å². The molecular formula is C18H14O3. The molecule has 0 unspecified atom stereocenters. The number of rotatable bonds is 3. The summed E-state index contributed by atoms with van der Waals surface area (Å²) in [4.78, 5) is 24.4. The second-order valence-electron chi connectivity index (χ2n) is 4.76. The average molecular weight is 278 g/mol. The van der Waals surface area contributed by atoms with E-state index in [1.54, 1.807) is 19.1 Å². The highest BCUT2D eigenvalue weighted by Crippen LogP contribution is 2.27. The van der Waals surface area contributed by atoms with E-state index >= 15 is 0 Å². The minimum atomic E-state index is -0.230. The number of benzene rings is 2. The fourth-order valence-corrected chi connectivity index (χ4v) is 2.41. The quantitative estimate of drug-likeness (QED) is 0.860. The van der Waals surface area contributed by atoms with E-state index in [1.807, 2.05) is 36.4 Å². The summed E-state index contributed by atoms with van der Waals surface area (Å²) >= 11 is 0. The molecular weight excluding hydrogens is 264 g/mol. The van der Waals surface area contributed by atoms with E-state index in [1.165, 1.54) is 6.08 Å². The molecule has 0 atom stereocenters. The Morgan fingerprint density at radius 2 is 1.67 bits per heavy atom. The Kier molecular flexibility index (Phi) is 3.40. The maximum atomic E-state index is 12.3. The lowest BCUT2D eigenvalue weighted by atomic mass is 9.90. The molecule has 1 aliphatic carbocycles. The molecule has 3 nitrogen and oxygen atoms in total. The van der Waals surface area contributed by atoms with Crippen LogP contribution in [0.3, 0.4) is 0 Å². The SMILES string of the molecule is CCOC1=CC(=O)c2cc(-c3ccccc3)ccc2C1=O. The van der Waals surface area contributed by atoms with Crippen molar-refractivity contribution in [2.24, 2.45) is 0 Å². The molecule has 0 bridgehead atoms. The van der Waals surface area contributed by atoms with Gasteiger partial charge in [-0.2, -0.15) is 0 Å². The Morgan fingerprint density at radius 3 is 2.38 bits per heavy atom. The first-order chi connectivity index (χ1) is 10.2. The van der Waals surface area contributed by atoms with Gasteiger partial charge < -0.3 is 4.74 Å². The van der Waals surface area contributed by atoms with E-state index in [0.29, 0.717) is 17.7 Å². The van der Waals surface area contributed by atoms with Crippen LogP contribution in [0.4, 0.5) is 0 Å². The first-order valence-electron chi connectivity index (χ1n) is 6.83. The van der Waals surface area contributed by atoms with Crippen molar-refractivity contribution in [2.45, 2.75) is 6.92 Å². The summed E-state index contributed by atoms with van der Waals surface area (Å²) in [6, 6.07) is 15.1. The number of allylic oxidation sites excluding steroid dienone is 2. The van der Waals surface area contributed by atoms with Crippen molar-refractivity contribution < 1.29 is 14.3 Å². The Bertz CT molecular complexity index is 742. The molecule has 0 amide bonds. The van der Waals surface area contributed by atoms with Crippen molar-refractivity contribution in [3.05, 3.63) is 71.5 Å². The molecule has 0 N–H and O–H groups in total. The predicted molar refractivity (Wildman–Crippen MR) is 80.2 cm³/mol. The third-order valence-corrected chi connectivity index (χ3v) is 3.42. The van der Waals surface area contributed by atoms with Crippen LogP contribution in [-0.2, 0) is 4.74 Å². The number of carbonyl (C=O) groups excluding carboxylic acids is 2. The number of carbonyl (C=O) groups is 2. The van der Waals surface area contributed by atoms with Crippen molar-refractivity contribution >= 4 is 11.6 Å². The smallest absolute Gasteiger partial charge is 0.228 e. The van der Waals surface area contributed by atoms with Crippen LogP contribution in [0, 0.1) is 0 Å². The van der Waals surface area contributed by atoms with E-state index in [-0.39, 0.29) is 17.3 Å². The van der Waals surface area contributed by atoms with E-state index in [9.17, 15) is 9.59 Å². The lowest BCUT2D eigenvalue weighted by Gasteiger charge is -2.16. The first kappa shape index (κ1) is 13.3. The van der Waals surface area contributed by atoms with Gasteiger partial charge in [0.05, 0.1) is 6.61 Å². The molecule has 2 aromatic rings. The second-order valence-corrected chi connectivity index (χ2v) is 4.76. The molecule has 2 aromatic carbocycles. The predicted octanol–water partition coefficient (Wildman–Crippen LogP) is 3.65. The minimum absolute atomic E-state index is 0.127. The van der Waals surface area contributed by atoms with Crippen molar-refractivity contribution in [3.63, 3.8) is 0 Å². The van der Waals surface area contributed by atoms with Crippen LogP contribution in [-0.4, -0.2) is 18.2 Å². The largest absolute Gasteiger partial charge is 0.490 e. The average Bonchev–Trinajstić information content (AvgIpc) is 2.53. The summed E-state index contributed by atoms with van der Waals surface area (Å²) < 4.78 is 5.23. The van der Waals surface area contributed by atoms with Gasteiger partial charge in [0.2, 0.25) is 5.78 Å². The molecule has 0 spiro atoms. The molecule has 3 heteroatoms. The van der Waals surface area contributed by atoms with Crippen LogP contribution in [0.5, 0.6) is 0 Å². The summed E-state index contributed by atoms with van der Waals surface area (Å²) in [6.07, 6.45) is 1.28. The maximum Gasteiger partial charge on any atom is 0.228 e. The zero-order valence-electron chi connectivity index (χ0n) is 11.6. The number of hydrogen-bond acceptors (Lipinski definition) is 3. The second kappa shape index (κ2) is 5.37. The molecule has 0 heterocycles. The van der Waals surface area contributed by atoms with Crippen molar-refractivity contribution in [2.75, 3.05) is 6.61 Å². The number of ether oxygens (including phenoxy) is 1. The van der Waals surface area contributed by atoms with Crippen LogP contribution >= 0.6 is 0 Å². The Morgan fingerprint density at radius 1 is 0.905 bits per heavy atom. The zero-order valence-corrected chi connectivity index (χ0v) is 11.6. The van der Waals surface area contributed by atoms with Crippen LogP contribution < -0.4 is 0 Å². The summed E-state index contributed by atoms with van der Waals surface area (Å²) in [6.45, 7) is 2.15. The van der Waals surface area contributed by atoms with Gasteiger partial charge in [-0.15, -0.1) is 0 Å². The van der Waals surface area contributed by atoms with E-state index in [4.69, 9.17) is 4.74 Å². The number of ketones is 2. The van der Waals surface area contributed by atoms with Gasteiger partial charge in [-0.25, -0.2) is 0 Å². The zero-order chi connectivity index (χ0) is 14.8. The summed E-state index contributed by atoms with van der Waals surface area (Å²) in [5, 5.41) is 0. The standard InChI is InChI=1S/C18H14O3/c1-2-21-17-11-16(19)15-10-13(8-9-14(15)18(17)20)12-6-4-3-5-7-12/h3-11H,2H2,1H3. The normalized spacial score (nSPS) is 13.7. The van der Waals surface area contributed by atoms with Gasteiger partial charge in [0, 0.05) is 17.2 Å². The minimum Gasteiger partial charge on any atom is -0.490 e. The van der Waals surface area contributed by atoms with Crippen LogP contribution in [0.2, 0.25) is 0 Å². The molecule has 0 fully saturated rings. The first-order valence-corrected chi connectivity index (χ1v) is 6.83. The van der Waals surface area contributed by atoms with Gasteiger partial charge >= 0.3 is 0 Å². The summed E-state index contributed by atoms with van der Waals surface area (Å²) in [5.74, 6) is -0.292. The molecule has 0 saturated heterocycles. The lowest BCUT2D eigenvalue weighted by molar-refractivity contribution is 0.0892. The van der Waals surface area contributed by atoms with Crippen molar-refractivity contribution in [1.82, 2.24) is 0 Å². The molecule has 1 aliphatic rings. The molecule has 0 saturated carbocycles. The number of Topliss-reactive ketones (excluding diaryl/α,β-unsaturated/α-hetero) is 1. The number of hydrogen-bond donors (Lipinski definition) is 0. The van der Waals surface area contributed by atoms with Crippen LogP contribution in [0.25, 0.3) is 11.1 Å². The Balaban J connectivity index is 2.06. The van der Waals surface area contributed by atoms with Crippen LogP contribution in [0.15, 0.2) is 60.4 Å². The van der Waals surface area contributed by atoms with Gasteiger partial charge in [-0.3, -0.25) is 9.59 Å². The highest BCUT2D eigenvalue weighted by molar-refractivity contribution is 6.24. The third-order valence-electron chi connectivity index (χ3n) is 3.42. The van der Waals surface area contributed by atoms with Crippen molar-refractivity contribution in [1.29, 1.82) is 0 Å². The van der Waals surface area contributed by atoms with Crippen LogP contribution in [0.1, 0.15) is 27.6 Å². The van der Waals surface area contributed by atoms with Gasteiger partial charge in [-0.1, -0.05) is 36.4 Å². The molecule has 0 aliphatic heterocycles. The Hall–Kier alpha value is -2.68. The van der Waals surface area contributed by atoms with Gasteiger partial charge in [0.1, 0.15) is 0 Å². The fourth-order valence-electron chi connectivity index (χ4n) is 2.41. The van der Waals surface area contributed by atoms with E-state index in [2.05, 4.69) is 0 Å². The fraction of sp³-hybridized carbons (Fsp3) is 0.111. The molecule has 0 radical (unpaired) electrons. The third kappa shape index (κ3) is 2.38. The molecule has 21 heavy (non-hydrogen) atoms. The highest BCUT2D eigenvalue weighted by atomic mass is 16.5. The lowest BCUT2D eigenvalue weighted by Crippen LogP contribution is -2.18. The molecule has 104 valence electrons. The highest BCUT2D eigenvalue weighted by Gasteiger charge is 2.26. The summed E-state index contributed by atoms with van der Waals surface area (Å²) in [7, 11) is 0. The monoisotopic (exact) mass is 278 g/mol.